The molecule has 1 atom stereocenters. The van der Waals surface area contributed by atoms with E-state index in [1.165, 1.54) is 12.8 Å². The molecule has 1 aliphatic carbocycles. The fourth-order valence-corrected chi connectivity index (χ4v) is 2.41. The molecule has 0 spiro atoms. The van der Waals surface area contributed by atoms with Gasteiger partial charge in [-0.1, -0.05) is 6.07 Å². The van der Waals surface area contributed by atoms with Gasteiger partial charge in [-0.15, -0.1) is 11.8 Å². The minimum atomic E-state index is -0.285. The van der Waals surface area contributed by atoms with Crippen molar-refractivity contribution in [3.8, 4) is 5.75 Å². The number of rotatable bonds is 7. The van der Waals surface area contributed by atoms with Crippen LogP contribution in [0, 0.1) is 0 Å². The fourth-order valence-electron chi connectivity index (χ4n) is 1.53. The summed E-state index contributed by atoms with van der Waals surface area (Å²) in [5, 5.41) is 13.1. The van der Waals surface area contributed by atoms with Crippen molar-refractivity contribution >= 4 is 11.8 Å². The smallest absolute Gasteiger partial charge is 0.119 e. The van der Waals surface area contributed by atoms with Crippen molar-refractivity contribution in [1.82, 2.24) is 5.32 Å². The fraction of sp³-hybridized carbons (Fsp3) is 0.538. The number of ether oxygens (including phenoxy) is 1. The van der Waals surface area contributed by atoms with E-state index in [4.69, 9.17) is 4.74 Å². The number of nitrogens with one attached hydrogen (secondary N) is 1. The van der Waals surface area contributed by atoms with Crippen LogP contribution in [0.5, 0.6) is 5.75 Å². The summed E-state index contributed by atoms with van der Waals surface area (Å²) in [6.07, 6.45) is 2.23. The van der Waals surface area contributed by atoms with Gasteiger partial charge in [0.15, 0.2) is 0 Å². The van der Waals surface area contributed by atoms with E-state index in [1.54, 1.807) is 18.9 Å². The van der Waals surface area contributed by atoms with E-state index < -0.39 is 0 Å². The number of methoxy groups -OCH3 is 1. The minimum absolute atomic E-state index is 0.285. The lowest BCUT2D eigenvalue weighted by molar-refractivity contribution is 0.195. The van der Waals surface area contributed by atoms with Gasteiger partial charge in [0, 0.05) is 23.2 Å². The zero-order chi connectivity index (χ0) is 12.1. The van der Waals surface area contributed by atoms with Gasteiger partial charge in [-0.25, -0.2) is 0 Å². The first kappa shape index (κ1) is 12.7. The van der Waals surface area contributed by atoms with Crippen LogP contribution >= 0.6 is 11.8 Å². The highest BCUT2D eigenvalue weighted by molar-refractivity contribution is 7.99. The molecule has 1 aliphatic rings. The third kappa shape index (κ3) is 4.58. The molecule has 0 heterocycles. The van der Waals surface area contributed by atoms with Crippen LogP contribution in [0.3, 0.4) is 0 Å². The summed E-state index contributed by atoms with van der Waals surface area (Å²) in [5.41, 5.74) is 0. The Hall–Kier alpha value is -0.710. The van der Waals surface area contributed by atoms with E-state index in [-0.39, 0.29) is 6.10 Å². The van der Waals surface area contributed by atoms with Gasteiger partial charge in [0.1, 0.15) is 5.75 Å². The predicted octanol–water partition coefficient (Wildman–Crippen LogP) is 1.90. The Morgan fingerprint density at radius 2 is 2.35 bits per heavy atom. The molecule has 2 N–H and O–H groups in total. The van der Waals surface area contributed by atoms with Crippen LogP contribution < -0.4 is 10.1 Å². The van der Waals surface area contributed by atoms with Crippen LogP contribution in [0.4, 0.5) is 0 Å². The zero-order valence-electron chi connectivity index (χ0n) is 10.1. The van der Waals surface area contributed by atoms with E-state index in [0.717, 1.165) is 10.6 Å². The lowest BCUT2D eigenvalue weighted by Crippen LogP contribution is -2.29. The normalized spacial score (nSPS) is 16.8. The number of aliphatic hydroxyl groups excluding tert-OH is 1. The maximum atomic E-state index is 9.80. The van der Waals surface area contributed by atoms with Gasteiger partial charge >= 0.3 is 0 Å². The molecular weight excluding hydrogens is 234 g/mol. The highest BCUT2D eigenvalue weighted by atomic mass is 32.2. The third-order valence-electron chi connectivity index (χ3n) is 2.70. The van der Waals surface area contributed by atoms with E-state index in [1.807, 2.05) is 24.3 Å². The second-order valence-electron chi connectivity index (χ2n) is 4.33. The SMILES string of the molecule is COc1cccc(SCC(O)CNC2CC2)c1. The van der Waals surface area contributed by atoms with Crippen molar-refractivity contribution < 1.29 is 9.84 Å². The second-order valence-corrected chi connectivity index (χ2v) is 5.42. The Labute approximate surface area is 107 Å². The first-order valence-electron chi connectivity index (χ1n) is 5.96. The van der Waals surface area contributed by atoms with Crippen molar-refractivity contribution in [2.24, 2.45) is 0 Å². The number of thioether (sulfide) groups is 1. The van der Waals surface area contributed by atoms with Gasteiger partial charge in [0.05, 0.1) is 13.2 Å². The number of benzene rings is 1. The summed E-state index contributed by atoms with van der Waals surface area (Å²) in [6.45, 7) is 0.696. The summed E-state index contributed by atoms with van der Waals surface area (Å²) < 4.78 is 5.16. The molecule has 1 unspecified atom stereocenters. The summed E-state index contributed by atoms with van der Waals surface area (Å²) in [7, 11) is 1.66. The van der Waals surface area contributed by atoms with Gasteiger partial charge < -0.3 is 15.2 Å². The molecule has 1 aromatic rings. The van der Waals surface area contributed by atoms with Crippen molar-refractivity contribution in [2.75, 3.05) is 19.4 Å². The van der Waals surface area contributed by atoms with Crippen molar-refractivity contribution in [1.29, 1.82) is 0 Å². The van der Waals surface area contributed by atoms with E-state index in [2.05, 4.69) is 5.32 Å². The average Bonchev–Trinajstić information content (AvgIpc) is 3.18. The van der Waals surface area contributed by atoms with Gasteiger partial charge in [0.2, 0.25) is 0 Å². The highest BCUT2D eigenvalue weighted by Gasteiger charge is 2.21. The van der Waals surface area contributed by atoms with Gasteiger partial charge in [-0.2, -0.15) is 0 Å². The molecule has 0 bridgehead atoms. The largest absolute Gasteiger partial charge is 0.497 e. The Morgan fingerprint density at radius 1 is 1.53 bits per heavy atom. The zero-order valence-corrected chi connectivity index (χ0v) is 10.9. The van der Waals surface area contributed by atoms with Crippen molar-refractivity contribution in [2.45, 2.75) is 29.9 Å². The van der Waals surface area contributed by atoms with Gasteiger partial charge in [0.25, 0.3) is 0 Å². The Kier molecular flexibility index (Phi) is 4.71. The third-order valence-corrected chi connectivity index (χ3v) is 3.84. The lowest BCUT2D eigenvalue weighted by atomic mass is 10.3. The van der Waals surface area contributed by atoms with Crippen LogP contribution in [0.2, 0.25) is 0 Å². The van der Waals surface area contributed by atoms with E-state index in [0.29, 0.717) is 18.3 Å². The van der Waals surface area contributed by atoms with Crippen LogP contribution in [0.25, 0.3) is 0 Å². The Morgan fingerprint density at radius 3 is 3.06 bits per heavy atom. The van der Waals surface area contributed by atoms with Crippen LogP contribution in [0.1, 0.15) is 12.8 Å². The number of aliphatic hydroxyl groups is 1. The molecule has 0 aliphatic heterocycles. The molecule has 0 amide bonds. The molecule has 1 fully saturated rings. The molecule has 4 heteroatoms. The van der Waals surface area contributed by atoms with Crippen LogP contribution in [-0.4, -0.2) is 36.7 Å². The first-order valence-corrected chi connectivity index (χ1v) is 6.95. The quantitative estimate of drug-likeness (QED) is 0.728. The molecule has 0 radical (unpaired) electrons. The van der Waals surface area contributed by atoms with Crippen LogP contribution in [0.15, 0.2) is 29.2 Å². The molecule has 17 heavy (non-hydrogen) atoms. The maximum absolute atomic E-state index is 9.80. The topological polar surface area (TPSA) is 41.5 Å². The highest BCUT2D eigenvalue weighted by Crippen LogP contribution is 2.23. The molecule has 3 nitrogen and oxygen atoms in total. The Bertz CT molecular complexity index is 355. The van der Waals surface area contributed by atoms with Crippen molar-refractivity contribution in [3.63, 3.8) is 0 Å². The Balaban J connectivity index is 1.71. The molecular formula is C13H19NO2S. The lowest BCUT2D eigenvalue weighted by Gasteiger charge is -2.11. The molecule has 0 saturated heterocycles. The molecule has 2 rings (SSSR count). The maximum Gasteiger partial charge on any atom is 0.119 e. The number of hydrogen-bond acceptors (Lipinski definition) is 4. The first-order chi connectivity index (χ1) is 8.28. The predicted molar refractivity (Wildman–Crippen MR) is 70.7 cm³/mol. The summed E-state index contributed by atoms with van der Waals surface area (Å²) in [6, 6.07) is 8.58. The molecule has 94 valence electrons. The molecule has 1 aromatic carbocycles. The van der Waals surface area contributed by atoms with Crippen molar-refractivity contribution in [3.05, 3.63) is 24.3 Å². The summed E-state index contributed by atoms with van der Waals surface area (Å²) in [5.74, 6) is 1.58. The standard InChI is InChI=1S/C13H19NO2S/c1-16-12-3-2-4-13(7-12)17-9-11(15)8-14-10-5-6-10/h2-4,7,10-11,14-15H,5-6,8-9H2,1H3. The molecule has 1 saturated carbocycles. The second kappa shape index (κ2) is 6.28. The van der Waals surface area contributed by atoms with E-state index in [9.17, 15) is 5.11 Å². The van der Waals surface area contributed by atoms with Gasteiger partial charge in [-0.3, -0.25) is 0 Å². The average molecular weight is 253 g/mol. The summed E-state index contributed by atoms with van der Waals surface area (Å²) in [4.78, 5) is 1.13. The monoisotopic (exact) mass is 253 g/mol. The van der Waals surface area contributed by atoms with Crippen LogP contribution in [-0.2, 0) is 0 Å². The molecule has 0 aromatic heterocycles. The number of hydrogen-bond donors (Lipinski definition) is 2. The summed E-state index contributed by atoms with van der Waals surface area (Å²) >= 11 is 1.66. The van der Waals surface area contributed by atoms with Gasteiger partial charge in [-0.05, 0) is 31.0 Å². The minimum Gasteiger partial charge on any atom is -0.497 e. The van der Waals surface area contributed by atoms with E-state index >= 15 is 0 Å².